The van der Waals surface area contributed by atoms with Crippen LogP contribution in [-0.4, -0.2) is 28.9 Å². The molecule has 1 heterocycles. The molecule has 4 nitrogen and oxygen atoms in total. The molecule has 2 aromatic carbocycles. The number of carbonyl (C=O) groups is 1. The lowest BCUT2D eigenvalue weighted by atomic mass is 10.1. The highest BCUT2D eigenvalue weighted by molar-refractivity contribution is 7.99. The Kier molecular flexibility index (Phi) is 8.71. The summed E-state index contributed by atoms with van der Waals surface area (Å²) in [6.45, 7) is 9.14. The average Bonchev–Trinajstić information content (AvgIpc) is 2.78. The van der Waals surface area contributed by atoms with Gasteiger partial charge in [-0.3, -0.25) is 4.98 Å². The molecule has 0 bridgehead atoms. The second kappa shape index (κ2) is 11.4. The summed E-state index contributed by atoms with van der Waals surface area (Å²) in [5, 5.41) is 0. The average molecular weight is 518 g/mol. The van der Waals surface area contributed by atoms with Gasteiger partial charge in [-0.2, -0.15) is 13.2 Å². The van der Waals surface area contributed by atoms with Crippen molar-refractivity contribution < 1.29 is 27.4 Å². The highest BCUT2D eigenvalue weighted by Crippen LogP contribution is 2.31. The number of hydrogen-bond donors (Lipinski definition) is 0. The molecule has 0 unspecified atom stereocenters. The van der Waals surface area contributed by atoms with Crippen LogP contribution in [0, 0.1) is 13.8 Å². The van der Waals surface area contributed by atoms with Gasteiger partial charge in [-0.15, -0.1) is 11.8 Å². The van der Waals surface area contributed by atoms with Crippen LogP contribution in [0.1, 0.15) is 43.2 Å². The number of thioether (sulfide) groups is 1. The number of esters is 1. The van der Waals surface area contributed by atoms with Crippen molar-refractivity contribution in [2.45, 2.75) is 57.7 Å². The Labute approximate surface area is 214 Å². The minimum absolute atomic E-state index is 0.140. The van der Waals surface area contributed by atoms with Crippen molar-refractivity contribution in [1.82, 2.24) is 4.98 Å². The summed E-state index contributed by atoms with van der Waals surface area (Å²) in [5.41, 5.74) is 2.96. The molecule has 0 saturated heterocycles. The van der Waals surface area contributed by atoms with Gasteiger partial charge in [0, 0.05) is 21.9 Å². The molecule has 0 aliphatic heterocycles. The third kappa shape index (κ3) is 8.01. The molecule has 0 atom stereocenters. The van der Waals surface area contributed by atoms with E-state index in [0.29, 0.717) is 17.0 Å². The number of rotatable bonds is 8. The lowest BCUT2D eigenvalue weighted by Gasteiger charge is -2.19. The van der Waals surface area contributed by atoms with Crippen LogP contribution in [0.4, 0.5) is 13.2 Å². The third-order valence-electron chi connectivity index (χ3n) is 5.26. The molecular formula is C28H30F3NO3S. The van der Waals surface area contributed by atoms with E-state index in [-0.39, 0.29) is 6.61 Å². The molecule has 3 aromatic rings. The van der Waals surface area contributed by atoms with E-state index in [1.807, 2.05) is 65.0 Å². The van der Waals surface area contributed by atoms with Crippen molar-refractivity contribution in [3.63, 3.8) is 0 Å². The number of pyridine rings is 1. The normalized spacial score (nSPS) is 11.9. The molecule has 36 heavy (non-hydrogen) atoms. The zero-order valence-corrected chi connectivity index (χ0v) is 21.8. The second-order valence-corrected chi connectivity index (χ2v) is 10.6. The van der Waals surface area contributed by atoms with E-state index >= 15 is 0 Å². The van der Waals surface area contributed by atoms with Crippen LogP contribution in [0.3, 0.4) is 0 Å². The number of nitrogens with zero attached hydrogens (tertiary/aromatic N) is 1. The van der Waals surface area contributed by atoms with E-state index in [0.717, 1.165) is 46.0 Å². The van der Waals surface area contributed by atoms with Crippen molar-refractivity contribution in [1.29, 1.82) is 0 Å². The largest absolute Gasteiger partial charge is 0.482 e. The summed E-state index contributed by atoms with van der Waals surface area (Å²) < 4.78 is 49.3. The Morgan fingerprint density at radius 3 is 2.25 bits per heavy atom. The van der Waals surface area contributed by atoms with Crippen LogP contribution >= 0.6 is 11.8 Å². The minimum atomic E-state index is -4.35. The van der Waals surface area contributed by atoms with E-state index < -0.39 is 23.3 Å². The predicted molar refractivity (Wildman–Crippen MR) is 136 cm³/mol. The van der Waals surface area contributed by atoms with E-state index in [1.165, 1.54) is 12.1 Å². The SMILES string of the molecule is Cc1cc(SCCc2ccc(-c3ccc(C(F)(F)F)cc3)nc2C)ccc1OCC(=O)OC(C)(C)C. The lowest BCUT2D eigenvalue weighted by Crippen LogP contribution is -2.27. The van der Waals surface area contributed by atoms with Gasteiger partial charge in [-0.1, -0.05) is 18.2 Å². The Morgan fingerprint density at radius 1 is 0.972 bits per heavy atom. The number of halogens is 3. The van der Waals surface area contributed by atoms with Crippen LogP contribution in [0.2, 0.25) is 0 Å². The summed E-state index contributed by atoms with van der Waals surface area (Å²) in [4.78, 5) is 17.6. The molecule has 0 radical (unpaired) electrons. The number of benzene rings is 2. The highest BCUT2D eigenvalue weighted by atomic mass is 32.2. The van der Waals surface area contributed by atoms with Crippen LogP contribution in [0.15, 0.2) is 59.5 Å². The van der Waals surface area contributed by atoms with Gasteiger partial charge in [0.25, 0.3) is 0 Å². The summed E-state index contributed by atoms with van der Waals surface area (Å²) in [7, 11) is 0. The van der Waals surface area contributed by atoms with Crippen LogP contribution in [0.5, 0.6) is 5.75 Å². The Bertz CT molecular complexity index is 1200. The first kappa shape index (κ1) is 27.6. The maximum absolute atomic E-state index is 12.8. The van der Waals surface area contributed by atoms with E-state index in [2.05, 4.69) is 4.98 Å². The standard InChI is InChI=1S/C28H30F3NO3S/c1-18-16-23(11-13-25(18)34-17-26(33)35-27(3,4)5)36-15-14-20-8-12-24(32-19(20)2)21-6-9-22(10-7-21)28(29,30)31/h6-13,16H,14-15,17H2,1-5H3. The minimum Gasteiger partial charge on any atom is -0.482 e. The molecule has 1 aromatic heterocycles. The second-order valence-electron chi connectivity index (χ2n) is 9.42. The number of ether oxygens (including phenoxy) is 2. The van der Waals surface area contributed by atoms with Crippen LogP contribution in [-0.2, 0) is 22.1 Å². The van der Waals surface area contributed by atoms with Crippen LogP contribution in [0.25, 0.3) is 11.3 Å². The van der Waals surface area contributed by atoms with Gasteiger partial charge in [0.2, 0.25) is 0 Å². The summed E-state index contributed by atoms with van der Waals surface area (Å²) in [5.74, 6) is 1.07. The summed E-state index contributed by atoms with van der Waals surface area (Å²) in [6, 6.07) is 14.7. The van der Waals surface area contributed by atoms with Gasteiger partial charge in [-0.05, 0) is 88.6 Å². The number of aromatic nitrogens is 1. The third-order valence-corrected chi connectivity index (χ3v) is 6.25. The number of alkyl halides is 3. The van der Waals surface area contributed by atoms with Crippen molar-refractivity contribution in [3.05, 3.63) is 77.0 Å². The molecule has 0 aliphatic carbocycles. The first-order valence-corrected chi connectivity index (χ1v) is 12.5. The quantitative estimate of drug-likeness (QED) is 0.230. The number of carbonyl (C=O) groups excluding carboxylic acids is 1. The zero-order valence-electron chi connectivity index (χ0n) is 21.0. The molecule has 0 aliphatic rings. The fraction of sp³-hybridized carbons (Fsp3) is 0.357. The lowest BCUT2D eigenvalue weighted by molar-refractivity contribution is -0.157. The van der Waals surface area contributed by atoms with Gasteiger partial charge in [0.1, 0.15) is 11.4 Å². The Hall–Kier alpha value is -3.00. The smallest absolute Gasteiger partial charge is 0.416 e. The Balaban J connectivity index is 1.54. The summed E-state index contributed by atoms with van der Waals surface area (Å²) >= 11 is 1.70. The van der Waals surface area contributed by atoms with Crippen molar-refractivity contribution >= 4 is 17.7 Å². The van der Waals surface area contributed by atoms with Gasteiger partial charge in [0.05, 0.1) is 11.3 Å². The van der Waals surface area contributed by atoms with E-state index in [1.54, 1.807) is 11.8 Å². The molecule has 0 fully saturated rings. The van der Waals surface area contributed by atoms with E-state index in [4.69, 9.17) is 9.47 Å². The molecular weight excluding hydrogens is 487 g/mol. The zero-order chi connectivity index (χ0) is 26.5. The van der Waals surface area contributed by atoms with Gasteiger partial charge in [-0.25, -0.2) is 4.79 Å². The maximum atomic E-state index is 12.8. The topological polar surface area (TPSA) is 48.4 Å². The molecule has 3 rings (SSSR count). The molecule has 8 heteroatoms. The van der Waals surface area contributed by atoms with Gasteiger partial charge >= 0.3 is 12.1 Å². The van der Waals surface area contributed by atoms with Crippen molar-refractivity contribution in [2.24, 2.45) is 0 Å². The fourth-order valence-corrected chi connectivity index (χ4v) is 4.49. The number of hydrogen-bond acceptors (Lipinski definition) is 5. The van der Waals surface area contributed by atoms with E-state index in [9.17, 15) is 18.0 Å². The molecule has 0 spiro atoms. The molecule has 0 amide bonds. The fourth-order valence-electron chi connectivity index (χ4n) is 3.50. The maximum Gasteiger partial charge on any atom is 0.416 e. The first-order valence-electron chi connectivity index (χ1n) is 11.5. The molecule has 0 N–H and O–H groups in total. The Morgan fingerprint density at radius 2 is 1.67 bits per heavy atom. The van der Waals surface area contributed by atoms with Crippen molar-refractivity contribution in [2.75, 3.05) is 12.4 Å². The number of aryl methyl sites for hydroxylation is 3. The predicted octanol–water partition coefficient (Wildman–Crippen LogP) is 7.44. The highest BCUT2D eigenvalue weighted by Gasteiger charge is 2.30. The van der Waals surface area contributed by atoms with Gasteiger partial charge in [0.15, 0.2) is 6.61 Å². The van der Waals surface area contributed by atoms with Gasteiger partial charge < -0.3 is 9.47 Å². The van der Waals surface area contributed by atoms with Crippen molar-refractivity contribution in [3.8, 4) is 17.0 Å². The monoisotopic (exact) mass is 517 g/mol. The first-order chi connectivity index (χ1) is 16.8. The summed E-state index contributed by atoms with van der Waals surface area (Å²) in [6.07, 6.45) is -3.55. The van der Waals surface area contributed by atoms with Crippen LogP contribution < -0.4 is 4.74 Å². The molecule has 192 valence electrons. The molecule has 0 saturated carbocycles.